The van der Waals surface area contributed by atoms with Crippen LogP contribution >= 0.6 is 11.8 Å². The lowest BCUT2D eigenvalue weighted by molar-refractivity contribution is -0.136. The van der Waals surface area contributed by atoms with Gasteiger partial charge in [0.1, 0.15) is 0 Å². The van der Waals surface area contributed by atoms with Gasteiger partial charge in [-0.15, -0.1) is 0 Å². The van der Waals surface area contributed by atoms with E-state index < -0.39 is 5.97 Å². The minimum Gasteiger partial charge on any atom is -0.481 e. The molecule has 0 atom stereocenters. The molecule has 4 nitrogen and oxygen atoms in total. The van der Waals surface area contributed by atoms with Gasteiger partial charge < -0.3 is 9.67 Å². The van der Waals surface area contributed by atoms with E-state index in [2.05, 4.69) is 16.5 Å². The maximum absolute atomic E-state index is 10.5. The van der Waals surface area contributed by atoms with Crippen LogP contribution in [0.1, 0.15) is 13.3 Å². The van der Waals surface area contributed by atoms with Gasteiger partial charge in [0.15, 0.2) is 5.16 Å². The van der Waals surface area contributed by atoms with E-state index in [1.165, 1.54) is 11.8 Å². The third kappa shape index (κ3) is 2.61. The summed E-state index contributed by atoms with van der Waals surface area (Å²) in [6, 6.07) is 7.96. The Balaban J connectivity index is 2.24. The van der Waals surface area contributed by atoms with E-state index >= 15 is 0 Å². The minimum atomic E-state index is -0.767. The summed E-state index contributed by atoms with van der Waals surface area (Å²) in [7, 11) is 0. The number of carboxylic acid groups (broad SMARTS) is 1. The van der Waals surface area contributed by atoms with Gasteiger partial charge >= 0.3 is 5.97 Å². The standard InChI is InChI=1S/C12H14N2O2S/c1-2-14-10-6-4-3-5-9(10)13-12(14)17-8-7-11(15)16/h3-6H,2,7-8H2,1H3,(H,15,16). The first-order chi connectivity index (χ1) is 8.22. The maximum Gasteiger partial charge on any atom is 0.304 e. The van der Waals surface area contributed by atoms with Crippen LogP contribution in [0.15, 0.2) is 29.4 Å². The quantitative estimate of drug-likeness (QED) is 0.829. The number of imidazole rings is 1. The van der Waals surface area contributed by atoms with Gasteiger partial charge in [0.2, 0.25) is 0 Å². The Morgan fingerprint density at radius 1 is 1.47 bits per heavy atom. The number of aromatic nitrogens is 2. The summed E-state index contributed by atoms with van der Waals surface area (Å²) in [6.45, 7) is 2.91. The Morgan fingerprint density at radius 3 is 2.94 bits per heavy atom. The van der Waals surface area contributed by atoms with Crippen molar-refractivity contribution in [3.8, 4) is 0 Å². The summed E-state index contributed by atoms with van der Waals surface area (Å²) < 4.78 is 2.11. The first-order valence-electron chi connectivity index (χ1n) is 5.52. The van der Waals surface area contributed by atoms with Crippen molar-refractivity contribution < 1.29 is 9.90 Å². The molecule has 1 aromatic carbocycles. The zero-order valence-electron chi connectivity index (χ0n) is 9.59. The number of carbonyl (C=O) groups is 1. The smallest absolute Gasteiger partial charge is 0.304 e. The van der Waals surface area contributed by atoms with Crippen LogP contribution in [0.4, 0.5) is 0 Å². The van der Waals surface area contributed by atoms with Gasteiger partial charge in [-0.25, -0.2) is 4.98 Å². The monoisotopic (exact) mass is 250 g/mol. The third-order valence-electron chi connectivity index (χ3n) is 2.48. The highest BCUT2D eigenvalue weighted by Crippen LogP contribution is 2.24. The summed E-state index contributed by atoms with van der Waals surface area (Å²) in [5.41, 5.74) is 2.07. The van der Waals surface area contributed by atoms with E-state index in [0.29, 0.717) is 5.75 Å². The van der Waals surface area contributed by atoms with Crippen LogP contribution in [-0.4, -0.2) is 26.4 Å². The number of aryl methyl sites for hydroxylation is 1. The molecule has 0 aliphatic heterocycles. The Kier molecular flexibility index (Phi) is 3.68. The van der Waals surface area contributed by atoms with E-state index in [4.69, 9.17) is 5.11 Å². The van der Waals surface area contributed by atoms with Crippen LogP contribution in [-0.2, 0) is 11.3 Å². The number of nitrogens with zero attached hydrogens (tertiary/aromatic N) is 2. The highest BCUT2D eigenvalue weighted by atomic mass is 32.2. The second kappa shape index (κ2) is 5.23. The zero-order chi connectivity index (χ0) is 12.3. The van der Waals surface area contributed by atoms with Crippen LogP contribution in [0.2, 0.25) is 0 Å². The van der Waals surface area contributed by atoms with Crippen LogP contribution in [0.3, 0.4) is 0 Å². The number of thioether (sulfide) groups is 1. The van der Waals surface area contributed by atoms with E-state index in [1.54, 1.807) is 0 Å². The molecule has 90 valence electrons. The molecule has 0 aliphatic carbocycles. The lowest BCUT2D eigenvalue weighted by Crippen LogP contribution is -1.99. The highest BCUT2D eigenvalue weighted by Gasteiger charge is 2.09. The summed E-state index contributed by atoms with van der Waals surface area (Å²) in [5.74, 6) is -0.213. The first-order valence-corrected chi connectivity index (χ1v) is 6.50. The number of carboxylic acids is 1. The molecule has 0 spiro atoms. The molecule has 0 amide bonds. The number of benzene rings is 1. The number of aliphatic carboxylic acids is 1. The molecule has 0 fully saturated rings. The van der Waals surface area contributed by atoms with Crippen molar-refractivity contribution in [2.75, 3.05) is 5.75 Å². The van der Waals surface area contributed by atoms with Crippen molar-refractivity contribution in [2.24, 2.45) is 0 Å². The molecule has 2 rings (SSSR count). The molecule has 0 bridgehead atoms. The van der Waals surface area contributed by atoms with Crippen LogP contribution in [0, 0.1) is 0 Å². The lowest BCUT2D eigenvalue weighted by atomic mass is 10.3. The van der Waals surface area contributed by atoms with Crippen molar-refractivity contribution in [2.45, 2.75) is 25.0 Å². The van der Waals surface area contributed by atoms with E-state index in [-0.39, 0.29) is 6.42 Å². The summed E-state index contributed by atoms with van der Waals surface area (Å²) in [5, 5.41) is 9.52. The molecule has 2 aromatic rings. The van der Waals surface area contributed by atoms with Gasteiger partial charge in [-0.2, -0.15) is 0 Å². The van der Waals surface area contributed by atoms with Crippen molar-refractivity contribution >= 4 is 28.8 Å². The molecule has 0 saturated carbocycles. The fourth-order valence-electron chi connectivity index (χ4n) is 1.70. The molecule has 1 N–H and O–H groups in total. The Labute approximate surface area is 104 Å². The molecular weight excluding hydrogens is 236 g/mol. The Morgan fingerprint density at radius 2 is 2.24 bits per heavy atom. The van der Waals surface area contributed by atoms with Crippen molar-refractivity contribution in [3.63, 3.8) is 0 Å². The molecule has 0 aliphatic rings. The van der Waals surface area contributed by atoms with Crippen molar-refractivity contribution in [3.05, 3.63) is 24.3 Å². The lowest BCUT2D eigenvalue weighted by Gasteiger charge is -2.04. The number of fused-ring (bicyclic) bond motifs is 1. The predicted octanol–water partition coefficient (Wildman–Crippen LogP) is 2.62. The minimum absolute atomic E-state index is 0.164. The normalized spacial score (nSPS) is 10.9. The number of rotatable bonds is 5. The first kappa shape index (κ1) is 12.0. The Bertz CT molecular complexity index is 536. The molecule has 0 saturated heterocycles. The average molecular weight is 250 g/mol. The SMILES string of the molecule is CCn1c(SCCC(=O)O)nc2ccccc21. The molecule has 0 unspecified atom stereocenters. The van der Waals surface area contributed by atoms with Crippen LogP contribution in [0.25, 0.3) is 11.0 Å². The van der Waals surface area contributed by atoms with E-state index in [0.717, 1.165) is 22.7 Å². The molecule has 5 heteroatoms. The molecule has 17 heavy (non-hydrogen) atoms. The van der Waals surface area contributed by atoms with Gasteiger partial charge in [-0.05, 0) is 19.1 Å². The third-order valence-corrected chi connectivity index (χ3v) is 3.46. The summed E-state index contributed by atoms with van der Waals surface area (Å²) in [6.07, 6.45) is 0.164. The summed E-state index contributed by atoms with van der Waals surface area (Å²) in [4.78, 5) is 15.0. The number of para-hydroxylation sites is 2. The van der Waals surface area contributed by atoms with Gasteiger partial charge in [-0.3, -0.25) is 4.79 Å². The zero-order valence-corrected chi connectivity index (χ0v) is 10.4. The maximum atomic E-state index is 10.5. The topological polar surface area (TPSA) is 55.1 Å². The molecular formula is C12H14N2O2S. The second-order valence-corrected chi connectivity index (χ2v) is 4.68. The summed E-state index contributed by atoms with van der Waals surface area (Å²) >= 11 is 1.50. The van der Waals surface area contributed by atoms with E-state index in [9.17, 15) is 4.79 Å². The Hall–Kier alpha value is -1.49. The van der Waals surface area contributed by atoms with Crippen LogP contribution in [0.5, 0.6) is 0 Å². The molecule has 0 radical (unpaired) electrons. The van der Waals surface area contributed by atoms with Crippen LogP contribution < -0.4 is 0 Å². The number of hydrogen-bond donors (Lipinski definition) is 1. The number of hydrogen-bond acceptors (Lipinski definition) is 3. The molecule has 1 heterocycles. The second-order valence-electron chi connectivity index (χ2n) is 3.62. The molecule has 1 aromatic heterocycles. The van der Waals surface area contributed by atoms with Gasteiger partial charge in [-0.1, -0.05) is 23.9 Å². The van der Waals surface area contributed by atoms with Gasteiger partial charge in [0.05, 0.1) is 17.5 Å². The fourth-order valence-corrected chi connectivity index (χ4v) is 2.70. The van der Waals surface area contributed by atoms with Crippen molar-refractivity contribution in [1.82, 2.24) is 9.55 Å². The van der Waals surface area contributed by atoms with Gasteiger partial charge in [0.25, 0.3) is 0 Å². The largest absolute Gasteiger partial charge is 0.481 e. The van der Waals surface area contributed by atoms with Gasteiger partial charge in [0, 0.05) is 12.3 Å². The van der Waals surface area contributed by atoms with Crippen molar-refractivity contribution in [1.29, 1.82) is 0 Å². The fraction of sp³-hybridized carbons (Fsp3) is 0.333. The average Bonchev–Trinajstić information content (AvgIpc) is 2.66. The highest BCUT2D eigenvalue weighted by molar-refractivity contribution is 7.99. The predicted molar refractivity (Wildman–Crippen MR) is 68.4 cm³/mol. The van der Waals surface area contributed by atoms with E-state index in [1.807, 2.05) is 24.3 Å².